The van der Waals surface area contributed by atoms with Gasteiger partial charge in [-0.1, -0.05) is 6.42 Å². The zero-order valence-electron chi connectivity index (χ0n) is 10.7. The summed E-state index contributed by atoms with van der Waals surface area (Å²) in [4.78, 5) is 14.1. The van der Waals surface area contributed by atoms with E-state index in [1.807, 2.05) is 6.92 Å². The van der Waals surface area contributed by atoms with E-state index in [2.05, 4.69) is 0 Å². The molecule has 1 aromatic rings. The molecule has 1 aromatic carbocycles. The van der Waals surface area contributed by atoms with Crippen LogP contribution in [0.25, 0.3) is 0 Å². The Morgan fingerprint density at radius 3 is 2.78 bits per heavy atom. The number of hydrogen-bond donors (Lipinski definition) is 1. The molecule has 0 atom stereocenters. The summed E-state index contributed by atoms with van der Waals surface area (Å²) in [6.07, 6.45) is 3.61. The standard InChI is InChI=1S/C14H19FN2O/c1-2-17(9-10-4-3-5-10)14(18)12-8-11(15)6-7-13(12)16/h6-8,10H,2-5,9,16H2,1H3. The van der Waals surface area contributed by atoms with Crippen LogP contribution in [0, 0.1) is 11.7 Å². The van der Waals surface area contributed by atoms with Crippen molar-refractivity contribution >= 4 is 11.6 Å². The number of carbonyl (C=O) groups is 1. The van der Waals surface area contributed by atoms with Crippen LogP contribution in [0.1, 0.15) is 36.5 Å². The number of carbonyl (C=O) groups excluding carboxylic acids is 1. The van der Waals surface area contributed by atoms with Gasteiger partial charge < -0.3 is 10.6 Å². The van der Waals surface area contributed by atoms with E-state index in [4.69, 9.17) is 5.73 Å². The maximum Gasteiger partial charge on any atom is 0.256 e. The largest absolute Gasteiger partial charge is 0.398 e. The molecule has 0 unspecified atom stereocenters. The molecule has 0 spiro atoms. The Morgan fingerprint density at radius 2 is 2.22 bits per heavy atom. The normalized spacial score (nSPS) is 15.2. The lowest BCUT2D eigenvalue weighted by Gasteiger charge is -2.32. The quantitative estimate of drug-likeness (QED) is 0.835. The Labute approximate surface area is 107 Å². The van der Waals surface area contributed by atoms with Crippen molar-refractivity contribution in [2.75, 3.05) is 18.8 Å². The summed E-state index contributed by atoms with van der Waals surface area (Å²) < 4.78 is 13.2. The molecule has 1 aliphatic rings. The lowest BCUT2D eigenvalue weighted by atomic mass is 9.85. The lowest BCUT2D eigenvalue weighted by molar-refractivity contribution is 0.0707. The van der Waals surface area contributed by atoms with Crippen molar-refractivity contribution < 1.29 is 9.18 Å². The first-order valence-corrected chi connectivity index (χ1v) is 6.46. The Balaban J connectivity index is 2.14. The molecule has 0 heterocycles. The van der Waals surface area contributed by atoms with Gasteiger partial charge in [-0.2, -0.15) is 0 Å². The summed E-state index contributed by atoms with van der Waals surface area (Å²) in [6.45, 7) is 3.32. The molecule has 0 radical (unpaired) electrons. The highest BCUT2D eigenvalue weighted by molar-refractivity contribution is 5.99. The van der Waals surface area contributed by atoms with Crippen LogP contribution in [0.4, 0.5) is 10.1 Å². The molecule has 18 heavy (non-hydrogen) atoms. The summed E-state index contributed by atoms with van der Waals surface area (Å²) in [5.41, 5.74) is 6.36. The van der Waals surface area contributed by atoms with E-state index in [9.17, 15) is 9.18 Å². The fourth-order valence-corrected chi connectivity index (χ4v) is 2.23. The number of halogens is 1. The molecule has 4 heteroatoms. The van der Waals surface area contributed by atoms with Crippen molar-refractivity contribution in [3.63, 3.8) is 0 Å². The van der Waals surface area contributed by atoms with Crippen molar-refractivity contribution in [3.8, 4) is 0 Å². The molecule has 1 fully saturated rings. The van der Waals surface area contributed by atoms with E-state index >= 15 is 0 Å². The SMILES string of the molecule is CCN(CC1CCC1)C(=O)c1cc(F)ccc1N. The Morgan fingerprint density at radius 1 is 1.50 bits per heavy atom. The van der Waals surface area contributed by atoms with Crippen molar-refractivity contribution in [1.82, 2.24) is 4.90 Å². The molecule has 2 rings (SSSR count). The third kappa shape index (κ3) is 2.63. The average Bonchev–Trinajstić information content (AvgIpc) is 2.30. The van der Waals surface area contributed by atoms with Gasteiger partial charge in [-0.25, -0.2) is 4.39 Å². The smallest absolute Gasteiger partial charge is 0.256 e. The predicted molar refractivity (Wildman–Crippen MR) is 69.7 cm³/mol. The summed E-state index contributed by atoms with van der Waals surface area (Å²) in [6, 6.07) is 3.94. The molecule has 0 aliphatic heterocycles. The number of nitrogen functional groups attached to an aromatic ring is 1. The second kappa shape index (κ2) is 5.38. The van der Waals surface area contributed by atoms with Gasteiger partial charge in [0.1, 0.15) is 5.82 Å². The third-order valence-electron chi connectivity index (χ3n) is 3.62. The topological polar surface area (TPSA) is 46.3 Å². The molecule has 0 bridgehead atoms. The summed E-state index contributed by atoms with van der Waals surface area (Å²) in [5, 5.41) is 0. The van der Waals surface area contributed by atoms with Gasteiger partial charge in [-0.15, -0.1) is 0 Å². The number of nitrogens with two attached hydrogens (primary N) is 1. The lowest BCUT2D eigenvalue weighted by Crippen LogP contribution is -2.37. The Bertz CT molecular complexity index is 443. The van der Waals surface area contributed by atoms with Crippen LogP contribution < -0.4 is 5.73 Å². The summed E-state index contributed by atoms with van der Waals surface area (Å²) >= 11 is 0. The van der Waals surface area contributed by atoms with Crippen LogP contribution in [0.5, 0.6) is 0 Å². The Hall–Kier alpha value is -1.58. The fourth-order valence-electron chi connectivity index (χ4n) is 2.23. The summed E-state index contributed by atoms with van der Waals surface area (Å²) in [5.74, 6) is 0.0114. The number of nitrogens with zero attached hydrogens (tertiary/aromatic N) is 1. The zero-order valence-corrected chi connectivity index (χ0v) is 10.7. The molecule has 1 aliphatic carbocycles. The first kappa shape index (κ1) is 12.9. The first-order valence-electron chi connectivity index (χ1n) is 6.46. The molecular weight excluding hydrogens is 231 g/mol. The predicted octanol–water partition coefficient (Wildman–Crippen LogP) is 2.67. The third-order valence-corrected chi connectivity index (χ3v) is 3.62. The number of hydrogen-bond acceptors (Lipinski definition) is 2. The highest BCUT2D eigenvalue weighted by Gasteiger charge is 2.24. The minimum absolute atomic E-state index is 0.165. The highest BCUT2D eigenvalue weighted by atomic mass is 19.1. The van der Waals surface area contributed by atoms with E-state index in [0.717, 1.165) is 6.54 Å². The van der Waals surface area contributed by atoms with Crippen molar-refractivity contribution in [1.29, 1.82) is 0 Å². The Kier molecular flexibility index (Phi) is 3.84. The monoisotopic (exact) mass is 250 g/mol. The van der Waals surface area contributed by atoms with E-state index < -0.39 is 5.82 Å². The van der Waals surface area contributed by atoms with Crippen molar-refractivity contribution in [2.45, 2.75) is 26.2 Å². The van der Waals surface area contributed by atoms with Gasteiger partial charge in [0.2, 0.25) is 0 Å². The van der Waals surface area contributed by atoms with Gasteiger partial charge in [-0.05, 0) is 43.9 Å². The van der Waals surface area contributed by atoms with Crippen LogP contribution in [0.15, 0.2) is 18.2 Å². The molecule has 3 nitrogen and oxygen atoms in total. The molecular formula is C14H19FN2O. The minimum atomic E-state index is -0.424. The number of benzene rings is 1. The number of amides is 1. The fraction of sp³-hybridized carbons (Fsp3) is 0.500. The van der Waals surface area contributed by atoms with E-state index in [1.54, 1.807) is 4.90 Å². The van der Waals surface area contributed by atoms with E-state index in [-0.39, 0.29) is 11.5 Å². The molecule has 98 valence electrons. The average molecular weight is 250 g/mol. The van der Waals surface area contributed by atoms with Crippen LogP contribution >= 0.6 is 0 Å². The summed E-state index contributed by atoms with van der Waals surface area (Å²) in [7, 11) is 0. The molecule has 0 aromatic heterocycles. The van der Waals surface area contributed by atoms with Gasteiger partial charge in [-0.3, -0.25) is 4.79 Å². The minimum Gasteiger partial charge on any atom is -0.398 e. The van der Waals surface area contributed by atoms with Crippen LogP contribution in [-0.4, -0.2) is 23.9 Å². The molecule has 0 saturated heterocycles. The van der Waals surface area contributed by atoms with Crippen LogP contribution in [0.2, 0.25) is 0 Å². The number of rotatable bonds is 4. The van der Waals surface area contributed by atoms with Gasteiger partial charge in [0.25, 0.3) is 5.91 Å². The van der Waals surface area contributed by atoms with Crippen molar-refractivity contribution in [2.24, 2.45) is 5.92 Å². The highest BCUT2D eigenvalue weighted by Crippen LogP contribution is 2.28. The second-order valence-electron chi connectivity index (χ2n) is 4.87. The number of anilines is 1. The first-order chi connectivity index (χ1) is 8.61. The van der Waals surface area contributed by atoms with Gasteiger partial charge in [0.05, 0.1) is 5.56 Å². The van der Waals surface area contributed by atoms with Gasteiger partial charge >= 0.3 is 0 Å². The van der Waals surface area contributed by atoms with Crippen LogP contribution in [0.3, 0.4) is 0 Å². The zero-order chi connectivity index (χ0) is 13.1. The molecule has 2 N–H and O–H groups in total. The van der Waals surface area contributed by atoms with Gasteiger partial charge in [0, 0.05) is 18.8 Å². The van der Waals surface area contributed by atoms with Crippen LogP contribution in [-0.2, 0) is 0 Å². The molecule has 1 saturated carbocycles. The van der Waals surface area contributed by atoms with E-state index in [0.29, 0.717) is 18.2 Å². The maximum atomic E-state index is 13.2. The second-order valence-corrected chi connectivity index (χ2v) is 4.87. The maximum absolute atomic E-state index is 13.2. The molecule has 1 amide bonds. The van der Waals surface area contributed by atoms with Gasteiger partial charge in [0.15, 0.2) is 0 Å². The van der Waals surface area contributed by atoms with E-state index in [1.165, 1.54) is 37.5 Å². The van der Waals surface area contributed by atoms with Crippen molar-refractivity contribution in [3.05, 3.63) is 29.6 Å².